The highest BCUT2D eigenvalue weighted by atomic mass is 35.5. The molecule has 0 aliphatic rings. The standard InChI is InChI=1S/C13H20ClNO2/c1-4-17-9(2)12(15)8-10-7-11(14)5-6-13(10)16-3/h5-7,9,12H,4,8,15H2,1-3H3. The zero-order valence-electron chi connectivity index (χ0n) is 10.6. The third kappa shape index (κ3) is 4.19. The van der Waals surface area contributed by atoms with Crippen molar-refractivity contribution in [3.05, 3.63) is 28.8 Å². The molecule has 1 aromatic rings. The van der Waals surface area contributed by atoms with E-state index in [0.717, 1.165) is 11.3 Å². The minimum atomic E-state index is -0.0673. The van der Waals surface area contributed by atoms with Crippen LogP contribution in [0.25, 0.3) is 0 Å². The van der Waals surface area contributed by atoms with Crippen LogP contribution in [0.5, 0.6) is 5.75 Å². The van der Waals surface area contributed by atoms with Gasteiger partial charge in [0.05, 0.1) is 13.2 Å². The molecule has 0 saturated carbocycles. The molecule has 0 aromatic heterocycles. The van der Waals surface area contributed by atoms with Crippen LogP contribution in [0, 0.1) is 0 Å². The lowest BCUT2D eigenvalue weighted by Gasteiger charge is -2.20. The Hall–Kier alpha value is -0.770. The van der Waals surface area contributed by atoms with Crippen molar-refractivity contribution in [2.75, 3.05) is 13.7 Å². The molecule has 0 bridgehead atoms. The Morgan fingerprint density at radius 2 is 2.12 bits per heavy atom. The molecule has 1 rings (SSSR count). The van der Waals surface area contributed by atoms with Crippen molar-refractivity contribution in [3.63, 3.8) is 0 Å². The molecule has 96 valence electrons. The van der Waals surface area contributed by atoms with E-state index in [4.69, 9.17) is 26.8 Å². The van der Waals surface area contributed by atoms with Crippen LogP contribution in [-0.4, -0.2) is 25.9 Å². The molecule has 3 nitrogen and oxygen atoms in total. The number of hydrogen-bond donors (Lipinski definition) is 1. The number of rotatable bonds is 6. The van der Waals surface area contributed by atoms with E-state index in [1.54, 1.807) is 13.2 Å². The Bertz CT molecular complexity index is 357. The van der Waals surface area contributed by atoms with E-state index in [1.807, 2.05) is 26.0 Å². The highest BCUT2D eigenvalue weighted by Gasteiger charge is 2.15. The number of halogens is 1. The van der Waals surface area contributed by atoms with E-state index in [2.05, 4.69) is 0 Å². The zero-order chi connectivity index (χ0) is 12.8. The van der Waals surface area contributed by atoms with Gasteiger partial charge in [0.25, 0.3) is 0 Å². The first-order valence-electron chi connectivity index (χ1n) is 5.78. The van der Waals surface area contributed by atoms with Gasteiger partial charge in [-0.3, -0.25) is 0 Å². The lowest BCUT2D eigenvalue weighted by atomic mass is 10.0. The van der Waals surface area contributed by atoms with Gasteiger partial charge in [0.15, 0.2) is 0 Å². The van der Waals surface area contributed by atoms with E-state index in [1.165, 1.54) is 0 Å². The Balaban J connectivity index is 2.76. The minimum Gasteiger partial charge on any atom is -0.496 e. The normalized spacial score (nSPS) is 14.4. The van der Waals surface area contributed by atoms with Crippen molar-refractivity contribution in [1.82, 2.24) is 0 Å². The molecule has 0 fully saturated rings. The Kier molecular flexibility index (Phi) is 5.75. The summed E-state index contributed by atoms with van der Waals surface area (Å²) in [6.45, 7) is 4.61. The first-order chi connectivity index (χ1) is 8.08. The van der Waals surface area contributed by atoms with Crippen LogP contribution in [0.1, 0.15) is 19.4 Å². The van der Waals surface area contributed by atoms with Crippen LogP contribution >= 0.6 is 11.6 Å². The van der Waals surface area contributed by atoms with Gasteiger partial charge in [-0.2, -0.15) is 0 Å². The van der Waals surface area contributed by atoms with Crippen molar-refractivity contribution >= 4 is 11.6 Å². The average molecular weight is 258 g/mol. The fraction of sp³-hybridized carbons (Fsp3) is 0.538. The molecule has 0 spiro atoms. The third-order valence-corrected chi connectivity index (χ3v) is 2.97. The van der Waals surface area contributed by atoms with Gasteiger partial charge in [-0.1, -0.05) is 11.6 Å². The minimum absolute atomic E-state index is 0.0173. The maximum atomic E-state index is 6.09. The van der Waals surface area contributed by atoms with Crippen molar-refractivity contribution in [2.45, 2.75) is 32.4 Å². The van der Waals surface area contributed by atoms with Gasteiger partial charge in [0.1, 0.15) is 5.75 Å². The van der Waals surface area contributed by atoms with Gasteiger partial charge >= 0.3 is 0 Å². The summed E-state index contributed by atoms with van der Waals surface area (Å²) >= 11 is 5.97. The number of benzene rings is 1. The second kappa shape index (κ2) is 6.84. The van der Waals surface area contributed by atoms with Crippen molar-refractivity contribution in [3.8, 4) is 5.75 Å². The van der Waals surface area contributed by atoms with E-state index >= 15 is 0 Å². The maximum absolute atomic E-state index is 6.09. The lowest BCUT2D eigenvalue weighted by molar-refractivity contribution is 0.0576. The van der Waals surface area contributed by atoms with E-state index in [-0.39, 0.29) is 12.1 Å². The SMILES string of the molecule is CCOC(C)C(N)Cc1cc(Cl)ccc1OC. The molecule has 2 N–H and O–H groups in total. The number of ether oxygens (including phenoxy) is 2. The quantitative estimate of drug-likeness (QED) is 0.852. The molecule has 0 heterocycles. The Morgan fingerprint density at radius 1 is 1.41 bits per heavy atom. The molecule has 2 unspecified atom stereocenters. The number of hydrogen-bond acceptors (Lipinski definition) is 3. The predicted molar refractivity (Wildman–Crippen MR) is 70.8 cm³/mol. The van der Waals surface area contributed by atoms with Crippen molar-refractivity contribution in [2.24, 2.45) is 5.73 Å². The van der Waals surface area contributed by atoms with E-state index < -0.39 is 0 Å². The van der Waals surface area contributed by atoms with Crippen LogP contribution in [-0.2, 0) is 11.2 Å². The fourth-order valence-corrected chi connectivity index (χ4v) is 1.91. The molecule has 1 aromatic carbocycles. The highest BCUT2D eigenvalue weighted by molar-refractivity contribution is 6.30. The first-order valence-corrected chi connectivity index (χ1v) is 6.15. The molecule has 0 amide bonds. The summed E-state index contributed by atoms with van der Waals surface area (Å²) in [5.74, 6) is 0.813. The average Bonchev–Trinajstić information content (AvgIpc) is 2.29. The summed E-state index contributed by atoms with van der Waals surface area (Å²) < 4.78 is 10.8. The highest BCUT2D eigenvalue weighted by Crippen LogP contribution is 2.24. The van der Waals surface area contributed by atoms with Gasteiger partial charge in [-0.05, 0) is 44.0 Å². The molecule has 4 heteroatoms. The second-order valence-electron chi connectivity index (χ2n) is 3.98. The van der Waals surface area contributed by atoms with Crippen LogP contribution in [0.15, 0.2) is 18.2 Å². The number of methoxy groups -OCH3 is 1. The summed E-state index contributed by atoms with van der Waals surface area (Å²) in [5, 5.41) is 0.692. The van der Waals surface area contributed by atoms with Crippen LogP contribution in [0.3, 0.4) is 0 Å². The van der Waals surface area contributed by atoms with Gasteiger partial charge in [-0.25, -0.2) is 0 Å². The van der Waals surface area contributed by atoms with Gasteiger partial charge in [0.2, 0.25) is 0 Å². The van der Waals surface area contributed by atoms with Gasteiger partial charge < -0.3 is 15.2 Å². The largest absolute Gasteiger partial charge is 0.496 e. The first kappa shape index (κ1) is 14.3. The summed E-state index contributed by atoms with van der Waals surface area (Å²) in [5.41, 5.74) is 7.10. The fourth-order valence-electron chi connectivity index (χ4n) is 1.71. The molecular formula is C13H20ClNO2. The van der Waals surface area contributed by atoms with Gasteiger partial charge in [-0.15, -0.1) is 0 Å². The zero-order valence-corrected chi connectivity index (χ0v) is 11.3. The lowest BCUT2D eigenvalue weighted by Crippen LogP contribution is -2.36. The molecule has 0 saturated heterocycles. The summed E-state index contributed by atoms with van der Waals surface area (Å²) in [7, 11) is 1.64. The monoisotopic (exact) mass is 257 g/mol. The summed E-state index contributed by atoms with van der Waals surface area (Å²) in [6, 6.07) is 5.48. The van der Waals surface area contributed by atoms with Crippen molar-refractivity contribution < 1.29 is 9.47 Å². The van der Waals surface area contributed by atoms with Crippen molar-refractivity contribution in [1.29, 1.82) is 0 Å². The Labute approximate surface area is 108 Å². The number of nitrogens with two attached hydrogens (primary N) is 1. The molecule has 2 atom stereocenters. The molecule has 0 aliphatic heterocycles. The molecule has 0 aliphatic carbocycles. The summed E-state index contributed by atoms with van der Waals surface area (Å²) in [6.07, 6.45) is 0.703. The molecule has 0 radical (unpaired) electrons. The Morgan fingerprint density at radius 3 is 2.71 bits per heavy atom. The predicted octanol–water partition coefficient (Wildman–Crippen LogP) is 2.64. The van der Waals surface area contributed by atoms with E-state index in [9.17, 15) is 0 Å². The molecule has 17 heavy (non-hydrogen) atoms. The maximum Gasteiger partial charge on any atom is 0.122 e. The third-order valence-electron chi connectivity index (χ3n) is 2.73. The van der Waals surface area contributed by atoms with Gasteiger partial charge in [0, 0.05) is 17.7 Å². The smallest absolute Gasteiger partial charge is 0.122 e. The van der Waals surface area contributed by atoms with Crippen LogP contribution in [0.4, 0.5) is 0 Å². The van der Waals surface area contributed by atoms with E-state index in [0.29, 0.717) is 18.1 Å². The van der Waals surface area contributed by atoms with Crippen LogP contribution < -0.4 is 10.5 Å². The topological polar surface area (TPSA) is 44.5 Å². The second-order valence-corrected chi connectivity index (χ2v) is 4.42. The summed E-state index contributed by atoms with van der Waals surface area (Å²) in [4.78, 5) is 0. The molecular weight excluding hydrogens is 238 g/mol. The van der Waals surface area contributed by atoms with Crippen LogP contribution in [0.2, 0.25) is 5.02 Å².